The van der Waals surface area contributed by atoms with Crippen molar-refractivity contribution in [2.24, 2.45) is 0 Å². The van der Waals surface area contributed by atoms with Crippen molar-refractivity contribution in [2.75, 3.05) is 0 Å². The van der Waals surface area contributed by atoms with Crippen LogP contribution in [0.4, 0.5) is 0 Å². The number of hydrogen-bond acceptors (Lipinski definition) is 3. The van der Waals surface area contributed by atoms with Gasteiger partial charge in [0, 0.05) is 11.3 Å². The van der Waals surface area contributed by atoms with Gasteiger partial charge in [0.05, 0.1) is 11.8 Å². The molecule has 0 aliphatic heterocycles. The molecule has 0 aliphatic rings. The molecule has 5 heteroatoms. The summed E-state index contributed by atoms with van der Waals surface area (Å²) in [6.45, 7) is 4.99. The summed E-state index contributed by atoms with van der Waals surface area (Å²) in [5.41, 5.74) is 2.10. The summed E-state index contributed by atoms with van der Waals surface area (Å²) in [7, 11) is 0. The molecule has 14 heavy (non-hydrogen) atoms. The summed E-state index contributed by atoms with van der Waals surface area (Å²) >= 11 is 0. The zero-order valence-corrected chi connectivity index (χ0v) is 8.48. The number of nitrogens with zero attached hydrogens (tertiary/aromatic N) is 2. The second-order valence-corrected chi connectivity index (χ2v) is 3.31. The van der Waals surface area contributed by atoms with Gasteiger partial charge in [-0.15, -0.1) is 0 Å². The van der Waals surface area contributed by atoms with Gasteiger partial charge in [-0.3, -0.25) is 9.48 Å². The predicted molar refractivity (Wildman–Crippen MR) is 50.0 cm³/mol. The highest BCUT2D eigenvalue weighted by Gasteiger charge is 2.16. The molecule has 1 aromatic rings. The summed E-state index contributed by atoms with van der Waals surface area (Å²) < 4.78 is 1.39. The Morgan fingerprint density at radius 1 is 1.57 bits per heavy atom. The first-order valence-electron chi connectivity index (χ1n) is 4.37. The van der Waals surface area contributed by atoms with Gasteiger partial charge in [0.15, 0.2) is 0 Å². The molecule has 1 aromatic heterocycles. The number of aryl methyl sites for hydroxylation is 1. The molecule has 5 nitrogen and oxygen atoms in total. The Balaban J connectivity index is 3.10. The minimum absolute atomic E-state index is 0.167. The monoisotopic (exact) mass is 198 g/mol. The van der Waals surface area contributed by atoms with Gasteiger partial charge in [-0.2, -0.15) is 5.10 Å². The smallest absolute Gasteiger partial charge is 0.325 e. The highest BCUT2D eigenvalue weighted by molar-refractivity contribution is 5.66. The van der Waals surface area contributed by atoms with Crippen LogP contribution in [0.3, 0.4) is 0 Å². The van der Waals surface area contributed by atoms with Crippen LogP contribution in [0.5, 0.6) is 0 Å². The molecule has 2 N–H and O–H groups in total. The van der Waals surface area contributed by atoms with E-state index in [2.05, 4.69) is 5.10 Å². The van der Waals surface area contributed by atoms with Crippen molar-refractivity contribution < 1.29 is 15.0 Å². The van der Waals surface area contributed by atoms with Gasteiger partial charge in [-0.05, 0) is 20.8 Å². The van der Waals surface area contributed by atoms with Crippen molar-refractivity contribution in [1.29, 1.82) is 0 Å². The summed E-state index contributed by atoms with van der Waals surface area (Å²) in [6.07, 6.45) is -0.613. The lowest BCUT2D eigenvalue weighted by Gasteiger charge is -2.04. The fraction of sp³-hybridized carbons (Fsp3) is 0.556. The Labute approximate surface area is 82.0 Å². The maximum atomic E-state index is 10.5. The van der Waals surface area contributed by atoms with Crippen molar-refractivity contribution in [3.8, 4) is 0 Å². The lowest BCUT2D eigenvalue weighted by molar-refractivity contribution is -0.137. The second-order valence-electron chi connectivity index (χ2n) is 3.31. The summed E-state index contributed by atoms with van der Waals surface area (Å²) in [4.78, 5) is 10.5. The number of carbonyl (C=O) groups is 1. The number of aliphatic carboxylic acids is 1. The standard InChI is InChI=1S/C9H14N2O3/c1-5-9(7(3)12)6(2)11(10-5)4-8(13)14/h7,12H,4H2,1-3H3,(H,13,14)/t7-/m1/s1. The van der Waals surface area contributed by atoms with E-state index < -0.39 is 12.1 Å². The lowest BCUT2D eigenvalue weighted by atomic mass is 10.1. The van der Waals surface area contributed by atoms with Gasteiger partial charge in [0.2, 0.25) is 0 Å². The molecular formula is C9H14N2O3. The first-order chi connectivity index (χ1) is 6.43. The summed E-state index contributed by atoms with van der Waals surface area (Å²) in [5, 5.41) is 22.1. The number of carboxylic acids is 1. The van der Waals surface area contributed by atoms with E-state index in [0.29, 0.717) is 17.0 Å². The van der Waals surface area contributed by atoms with Crippen LogP contribution in [-0.4, -0.2) is 26.0 Å². The zero-order valence-electron chi connectivity index (χ0n) is 8.48. The third-order valence-corrected chi connectivity index (χ3v) is 2.14. The molecule has 1 heterocycles. The van der Waals surface area contributed by atoms with Crippen LogP contribution in [0.2, 0.25) is 0 Å². The molecule has 0 unspecified atom stereocenters. The van der Waals surface area contributed by atoms with Gasteiger partial charge >= 0.3 is 5.97 Å². The van der Waals surface area contributed by atoms with E-state index in [1.165, 1.54) is 4.68 Å². The van der Waals surface area contributed by atoms with Gasteiger partial charge in [-0.25, -0.2) is 0 Å². The van der Waals surface area contributed by atoms with Crippen molar-refractivity contribution in [3.05, 3.63) is 17.0 Å². The Morgan fingerprint density at radius 2 is 2.14 bits per heavy atom. The number of aromatic nitrogens is 2. The molecule has 1 atom stereocenters. The number of aliphatic hydroxyl groups is 1. The lowest BCUT2D eigenvalue weighted by Crippen LogP contribution is -2.11. The Hall–Kier alpha value is -1.36. The molecule has 0 aromatic carbocycles. The highest BCUT2D eigenvalue weighted by atomic mass is 16.4. The fourth-order valence-electron chi connectivity index (χ4n) is 1.60. The predicted octanol–water partition coefficient (Wildman–Crippen LogP) is 0.638. The summed E-state index contributed by atoms with van der Waals surface area (Å²) in [6, 6.07) is 0. The third-order valence-electron chi connectivity index (χ3n) is 2.14. The maximum Gasteiger partial charge on any atom is 0.325 e. The fourth-order valence-corrected chi connectivity index (χ4v) is 1.60. The SMILES string of the molecule is Cc1nn(CC(=O)O)c(C)c1[C@@H](C)O. The van der Waals surface area contributed by atoms with Crippen LogP contribution >= 0.6 is 0 Å². The van der Waals surface area contributed by atoms with E-state index in [4.69, 9.17) is 5.11 Å². The van der Waals surface area contributed by atoms with Crippen molar-refractivity contribution in [3.63, 3.8) is 0 Å². The topological polar surface area (TPSA) is 75.4 Å². The third kappa shape index (κ3) is 1.93. The van der Waals surface area contributed by atoms with Crippen LogP contribution in [0.1, 0.15) is 30.0 Å². The number of carboxylic acid groups (broad SMARTS) is 1. The van der Waals surface area contributed by atoms with Crippen molar-refractivity contribution in [2.45, 2.75) is 33.4 Å². The molecule has 0 fully saturated rings. The van der Waals surface area contributed by atoms with E-state index in [1.807, 2.05) is 0 Å². The maximum absolute atomic E-state index is 10.5. The minimum atomic E-state index is -0.937. The first kappa shape index (κ1) is 10.7. The quantitative estimate of drug-likeness (QED) is 0.747. The first-order valence-corrected chi connectivity index (χ1v) is 4.37. The van der Waals surface area contributed by atoms with Gasteiger partial charge in [0.25, 0.3) is 0 Å². The van der Waals surface area contributed by atoms with Crippen LogP contribution in [0.25, 0.3) is 0 Å². The molecule has 1 rings (SSSR count). The molecule has 0 amide bonds. The van der Waals surface area contributed by atoms with Crippen molar-refractivity contribution >= 4 is 5.97 Å². The number of hydrogen-bond donors (Lipinski definition) is 2. The van der Waals surface area contributed by atoms with E-state index >= 15 is 0 Å². The average Bonchev–Trinajstić information content (AvgIpc) is 2.25. The highest BCUT2D eigenvalue weighted by Crippen LogP contribution is 2.20. The van der Waals surface area contributed by atoms with Crippen LogP contribution in [-0.2, 0) is 11.3 Å². The Bertz CT molecular complexity index is 355. The largest absolute Gasteiger partial charge is 0.480 e. The van der Waals surface area contributed by atoms with E-state index in [0.717, 1.165) is 0 Å². The molecule has 0 spiro atoms. The number of rotatable bonds is 3. The zero-order chi connectivity index (χ0) is 10.9. The van der Waals surface area contributed by atoms with Crippen molar-refractivity contribution in [1.82, 2.24) is 9.78 Å². The van der Waals surface area contributed by atoms with Crippen LogP contribution in [0.15, 0.2) is 0 Å². The normalized spacial score (nSPS) is 12.9. The number of aliphatic hydroxyl groups excluding tert-OH is 1. The van der Waals surface area contributed by atoms with Gasteiger partial charge < -0.3 is 10.2 Å². The molecule has 0 saturated heterocycles. The van der Waals surface area contributed by atoms with E-state index in [1.54, 1.807) is 20.8 Å². The Morgan fingerprint density at radius 3 is 2.50 bits per heavy atom. The summed E-state index contributed by atoms with van der Waals surface area (Å²) in [5.74, 6) is -0.937. The molecule has 78 valence electrons. The van der Waals surface area contributed by atoms with E-state index in [-0.39, 0.29) is 6.54 Å². The van der Waals surface area contributed by atoms with Gasteiger partial charge in [-0.1, -0.05) is 0 Å². The average molecular weight is 198 g/mol. The minimum Gasteiger partial charge on any atom is -0.480 e. The molecular weight excluding hydrogens is 184 g/mol. The van der Waals surface area contributed by atoms with Crippen LogP contribution < -0.4 is 0 Å². The van der Waals surface area contributed by atoms with Crippen LogP contribution in [0, 0.1) is 13.8 Å². The van der Waals surface area contributed by atoms with E-state index in [9.17, 15) is 9.90 Å². The Kier molecular flexibility index (Phi) is 2.90. The molecule has 0 radical (unpaired) electrons. The molecule has 0 aliphatic carbocycles. The molecule has 0 saturated carbocycles. The molecule has 0 bridgehead atoms. The second kappa shape index (κ2) is 3.79. The van der Waals surface area contributed by atoms with Gasteiger partial charge in [0.1, 0.15) is 6.54 Å².